The number of nitrogens with two attached hydrogens (primary N) is 1. The first-order valence-corrected chi connectivity index (χ1v) is 5.36. The van der Waals surface area contributed by atoms with Crippen LogP contribution < -0.4 is 5.73 Å². The molecule has 2 nitrogen and oxygen atoms in total. The maximum absolute atomic E-state index is 9.96. The SMILES string of the molecule is CC(C)(CN)C(O)c1ccsc1Cl. The molecule has 1 rings (SSSR count). The third-order valence-corrected chi connectivity index (χ3v) is 3.41. The van der Waals surface area contributed by atoms with Crippen molar-refractivity contribution in [2.24, 2.45) is 11.1 Å². The topological polar surface area (TPSA) is 46.2 Å². The molecule has 1 aromatic heterocycles. The van der Waals surface area contributed by atoms with Crippen molar-refractivity contribution in [3.05, 3.63) is 21.3 Å². The van der Waals surface area contributed by atoms with E-state index in [-0.39, 0.29) is 5.41 Å². The average Bonchev–Trinajstić information content (AvgIpc) is 2.50. The Bertz CT molecular complexity index is 285. The second-order valence-electron chi connectivity index (χ2n) is 3.74. The van der Waals surface area contributed by atoms with E-state index in [2.05, 4.69) is 0 Å². The number of aliphatic hydroxyl groups is 1. The van der Waals surface area contributed by atoms with E-state index in [1.54, 1.807) is 0 Å². The summed E-state index contributed by atoms with van der Waals surface area (Å²) in [6.07, 6.45) is -0.587. The number of halogens is 1. The number of hydrogen-bond donors (Lipinski definition) is 2. The van der Waals surface area contributed by atoms with Crippen LogP contribution in [-0.2, 0) is 0 Å². The van der Waals surface area contributed by atoms with Gasteiger partial charge in [-0.05, 0) is 11.4 Å². The van der Waals surface area contributed by atoms with Gasteiger partial charge in [-0.15, -0.1) is 11.3 Å². The first-order valence-electron chi connectivity index (χ1n) is 4.10. The van der Waals surface area contributed by atoms with Crippen LogP contribution in [0, 0.1) is 5.41 Å². The molecule has 0 bridgehead atoms. The maximum Gasteiger partial charge on any atom is 0.0986 e. The van der Waals surface area contributed by atoms with E-state index in [4.69, 9.17) is 17.3 Å². The van der Waals surface area contributed by atoms with Crippen LogP contribution in [0.25, 0.3) is 0 Å². The molecular weight excluding hydrogens is 206 g/mol. The highest BCUT2D eigenvalue weighted by Crippen LogP contribution is 2.38. The largest absolute Gasteiger partial charge is 0.388 e. The molecule has 1 unspecified atom stereocenters. The Morgan fingerprint density at radius 3 is 2.69 bits per heavy atom. The summed E-state index contributed by atoms with van der Waals surface area (Å²) in [4.78, 5) is 0. The Balaban J connectivity index is 2.91. The number of aliphatic hydroxyl groups excluding tert-OH is 1. The van der Waals surface area contributed by atoms with Crippen molar-refractivity contribution in [1.29, 1.82) is 0 Å². The Kier molecular flexibility index (Phi) is 3.35. The molecule has 0 aliphatic rings. The summed E-state index contributed by atoms with van der Waals surface area (Å²) in [5.74, 6) is 0. The minimum absolute atomic E-state index is 0.329. The van der Waals surface area contributed by atoms with Crippen LogP contribution >= 0.6 is 22.9 Å². The van der Waals surface area contributed by atoms with Crippen LogP contribution in [0.15, 0.2) is 11.4 Å². The highest BCUT2D eigenvalue weighted by molar-refractivity contribution is 7.14. The molecule has 0 saturated heterocycles. The van der Waals surface area contributed by atoms with Gasteiger partial charge in [-0.3, -0.25) is 0 Å². The van der Waals surface area contributed by atoms with Crippen LogP contribution in [0.2, 0.25) is 4.34 Å². The molecule has 74 valence electrons. The zero-order chi connectivity index (χ0) is 10.1. The van der Waals surface area contributed by atoms with E-state index in [0.717, 1.165) is 5.56 Å². The Morgan fingerprint density at radius 2 is 2.31 bits per heavy atom. The van der Waals surface area contributed by atoms with Crippen LogP contribution in [0.1, 0.15) is 25.5 Å². The van der Waals surface area contributed by atoms with Crippen molar-refractivity contribution in [3.63, 3.8) is 0 Å². The van der Waals surface area contributed by atoms with Gasteiger partial charge in [-0.1, -0.05) is 25.4 Å². The van der Waals surface area contributed by atoms with Gasteiger partial charge in [0.05, 0.1) is 10.4 Å². The summed E-state index contributed by atoms with van der Waals surface area (Å²) in [5, 5.41) is 11.8. The van der Waals surface area contributed by atoms with E-state index in [1.165, 1.54) is 11.3 Å². The fourth-order valence-electron chi connectivity index (χ4n) is 1.03. The summed E-state index contributed by atoms with van der Waals surface area (Å²) < 4.78 is 0.647. The van der Waals surface area contributed by atoms with Crippen molar-refractivity contribution in [2.75, 3.05) is 6.54 Å². The van der Waals surface area contributed by atoms with Crippen molar-refractivity contribution in [2.45, 2.75) is 20.0 Å². The summed E-state index contributed by atoms with van der Waals surface area (Å²) >= 11 is 7.34. The monoisotopic (exact) mass is 219 g/mol. The maximum atomic E-state index is 9.96. The molecule has 3 N–H and O–H groups in total. The van der Waals surface area contributed by atoms with E-state index in [0.29, 0.717) is 10.9 Å². The van der Waals surface area contributed by atoms with Gasteiger partial charge in [0.2, 0.25) is 0 Å². The van der Waals surface area contributed by atoms with Crippen molar-refractivity contribution in [3.8, 4) is 0 Å². The third kappa shape index (κ3) is 2.23. The Morgan fingerprint density at radius 1 is 1.69 bits per heavy atom. The highest BCUT2D eigenvalue weighted by Gasteiger charge is 2.29. The molecule has 4 heteroatoms. The molecule has 0 spiro atoms. The number of rotatable bonds is 3. The van der Waals surface area contributed by atoms with Gasteiger partial charge >= 0.3 is 0 Å². The van der Waals surface area contributed by atoms with Crippen LogP contribution in [0.5, 0.6) is 0 Å². The molecule has 0 aliphatic heterocycles. The molecule has 1 atom stereocenters. The Labute approximate surface area is 87.3 Å². The molecule has 0 amide bonds. The number of thiophene rings is 1. The lowest BCUT2D eigenvalue weighted by molar-refractivity contribution is 0.0559. The average molecular weight is 220 g/mol. The standard InChI is InChI=1S/C9H14ClNOS/c1-9(2,5-11)7(12)6-3-4-13-8(6)10/h3-4,7,12H,5,11H2,1-2H3. The van der Waals surface area contributed by atoms with Gasteiger partial charge in [-0.25, -0.2) is 0 Å². The second kappa shape index (κ2) is 3.96. The summed E-state index contributed by atoms with van der Waals surface area (Å²) in [6.45, 7) is 4.28. The normalized spacial score (nSPS) is 14.5. The van der Waals surface area contributed by atoms with Gasteiger partial charge in [0.1, 0.15) is 0 Å². The van der Waals surface area contributed by atoms with E-state index < -0.39 is 6.10 Å². The van der Waals surface area contributed by atoms with Crippen molar-refractivity contribution in [1.82, 2.24) is 0 Å². The molecule has 1 heterocycles. The Hall–Kier alpha value is -0.0900. The predicted octanol–water partition coefficient (Wildman–Crippen LogP) is 2.42. The van der Waals surface area contributed by atoms with E-state index in [1.807, 2.05) is 25.3 Å². The van der Waals surface area contributed by atoms with Gasteiger partial charge in [-0.2, -0.15) is 0 Å². The first-order chi connectivity index (χ1) is 5.99. The van der Waals surface area contributed by atoms with Crippen LogP contribution in [-0.4, -0.2) is 11.7 Å². The summed E-state index contributed by atoms with van der Waals surface area (Å²) in [7, 11) is 0. The zero-order valence-electron chi connectivity index (χ0n) is 7.75. The molecule has 1 aromatic rings. The molecule has 0 radical (unpaired) electrons. The van der Waals surface area contributed by atoms with Gasteiger partial charge in [0.25, 0.3) is 0 Å². The minimum atomic E-state index is -0.587. The fourth-order valence-corrected chi connectivity index (χ4v) is 2.00. The van der Waals surface area contributed by atoms with Gasteiger partial charge in [0.15, 0.2) is 0 Å². The van der Waals surface area contributed by atoms with Gasteiger partial charge < -0.3 is 10.8 Å². The quantitative estimate of drug-likeness (QED) is 0.820. The molecular formula is C9H14ClNOS. The fraction of sp³-hybridized carbons (Fsp3) is 0.556. The molecule has 13 heavy (non-hydrogen) atoms. The highest BCUT2D eigenvalue weighted by atomic mass is 35.5. The van der Waals surface area contributed by atoms with Crippen LogP contribution in [0.3, 0.4) is 0 Å². The lowest BCUT2D eigenvalue weighted by Gasteiger charge is -2.28. The van der Waals surface area contributed by atoms with Crippen LogP contribution in [0.4, 0.5) is 0 Å². The molecule has 0 aliphatic carbocycles. The first kappa shape index (κ1) is 11.0. The molecule has 0 aromatic carbocycles. The third-order valence-electron chi connectivity index (χ3n) is 2.21. The minimum Gasteiger partial charge on any atom is -0.388 e. The van der Waals surface area contributed by atoms with E-state index in [9.17, 15) is 5.11 Å². The zero-order valence-corrected chi connectivity index (χ0v) is 9.32. The van der Waals surface area contributed by atoms with Crippen molar-refractivity contribution >= 4 is 22.9 Å². The predicted molar refractivity (Wildman–Crippen MR) is 57.1 cm³/mol. The lowest BCUT2D eigenvalue weighted by atomic mass is 9.84. The van der Waals surface area contributed by atoms with Crippen molar-refractivity contribution < 1.29 is 5.11 Å². The molecule has 0 saturated carbocycles. The number of hydrogen-bond acceptors (Lipinski definition) is 3. The lowest BCUT2D eigenvalue weighted by Crippen LogP contribution is -2.30. The summed E-state index contributed by atoms with van der Waals surface area (Å²) in [5.41, 5.74) is 6.01. The smallest absolute Gasteiger partial charge is 0.0986 e. The second-order valence-corrected chi connectivity index (χ2v) is 5.26. The molecule has 0 fully saturated rings. The van der Waals surface area contributed by atoms with Gasteiger partial charge in [0, 0.05) is 17.5 Å². The van der Waals surface area contributed by atoms with E-state index >= 15 is 0 Å². The summed E-state index contributed by atoms with van der Waals surface area (Å²) in [6, 6.07) is 1.84.